The van der Waals surface area contributed by atoms with Crippen molar-refractivity contribution < 1.29 is 18.0 Å². The van der Waals surface area contributed by atoms with Crippen molar-refractivity contribution in [2.75, 3.05) is 10.0 Å². The van der Waals surface area contributed by atoms with Crippen molar-refractivity contribution in [3.63, 3.8) is 0 Å². The highest BCUT2D eigenvalue weighted by Gasteiger charge is 2.48. The maximum Gasteiger partial charge on any atom is 0.261 e. The highest BCUT2D eigenvalue weighted by molar-refractivity contribution is 7.92. The lowest BCUT2D eigenvalue weighted by atomic mass is 9.80. The predicted molar refractivity (Wildman–Crippen MR) is 102 cm³/mol. The van der Waals surface area contributed by atoms with Crippen LogP contribution in [0.4, 0.5) is 11.4 Å². The number of nitrogens with one attached hydrogen (secondary N) is 2. The van der Waals surface area contributed by atoms with Crippen molar-refractivity contribution in [1.29, 1.82) is 0 Å². The average Bonchev–Trinajstić information content (AvgIpc) is 3.23. The smallest absolute Gasteiger partial charge is 0.261 e. The summed E-state index contributed by atoms with van der Waals surface area (Å²) < 4.78 is 28.1. The minimum atomic E-state index is -3.84. The van der Waals surface area contributed by atoms with Gasteiger partial charge in [0.25, 0.3) is 10.0 Å². The molecule has 1 saturated carbocycles. The van der Waals surface area contributed by atoms with Crippen LogP contribution in [0.1, 0.15) is 48.5 Å². The van der Waals surface area contributed by atoms with Crippen molar-refractivity contribution in [2.45, 2.75) is 42.9 Å². The summed E-state index contributed by atoms with van der Waals surface area (Å²) in [6, 6.07) is 11.1. The molecule has 1 fully saturated rings. The molecule has 1 amide bonds. The first-order valence-electron chi connectivity index (χ1n) is 8.92. The maximum atomic E-state index is 12.7. The van der Waals surface area contributed by atoms with Crippen LogP contribution in [0.15, 0.2) is 47.4 Å². The van der Waals surface area contributed by atoms with Crippen molar-refractivity contribution in [1.82, 2.24) is 0 Å². The Labute approximate surface area is 158 Å². The molecule has 2 aromatic rings. The molecule has 2 N–H and O–H groups in total. The van der Waals surface area contributed by atoms with Crippen molar-refractivity contribution >= 4 is 33.1 Å². The summed E-state index contributed by atoms with van der Waals surface area (Å²) in [6.07, 6.45) is 3.53. The van der Waals surface area contributed by atoms with Gasteiger partial charge in [0.05, 0.1) is 10.3 Å². The van der Waals surface area contributed by atoms with Gasteiger partial charge in [-0.1, -0.05) is 25.0 Å². The van der Waals surface area contributed by atoms with E-state index in [9.17, 15) is 18.0 Å². The van der Waals surface area contributed by atoms with E-state index in [0.29, 0.717) is 11.3 Å². The normalized spacial score (nSPS) is 17.6. The Hall–Kier alpha value is -2.67. The molecular weight excluding hydrogens is 364 g/mol. The quantitative estimate of drug-likeness (QED) is 0.790. The zero-order chi connectivity index (χ0) is 19.2. The lowest BCUT2D eigenvalue weighted by Gasteiger charge is -2.21. The third-order valence-corrected chi connectivity index (χ3v) is 6.86. The third kappa shape index (κ3) is 2.92. The number of carbonyl (C=O) groups excluding carboxylic acids is 2. The molecule has 0 radical (unpaired) electrons. The van der Waals surface area contributed by atoms with Gasteiger partial charge >= 0.3 is 0 Å². The number of amides is 1. The van der Waals surface area contributed by atoms with Crippen molar-refractivity contribution in [3.05, 3.63) is 53.6 Å². The summed E-state index contributed by atoms with van der Waals surface area (Å²) in [4.78, 5) is 24.1. The second kappa shape index (κ2) is 6.20. The highest BCUT2D eigenvalue weighted by atomic mass is 32.2. The Morgan fingerprint density at radius 1 is 1.11 bits per heavy atom. The summed E-state index contributed by atoms with van der Waals surface area (Å²) in [5.41, 5.74) is 1.83. The van der Waals surface area contributed by atoms with Crippen LogP contribution in [-0.4, -0.2) is 20.1 Å². The van der Waals surface area contributed by atoms with E-state index < -0.39 is 15.4 Å². The molecule has 1 aliphatic carbocycles. The Kier molecular flexibility index (Phi) is 4.07. The molecule has 6 nitrogen and oxygen atoms in total. The molecule has 1 heterocycles. The van der Waals surface area contributed by atoms with E-state index in [4.69, 9.17) is 0 Å². The number of fused-ring (bicyclic) bond motifs is 2. The van der Waals surface area contributed by atoms with Gasteiger partial charge < -0.3 is 5.32 Å². The third-order valence-electron chi connectivity index (χ3n) is 5.48. The zero-order valence-electron chi connectivity index (χ0n) is 14.9. The molecule has 1 aliphatic heterocycles. The predicted octanol–water partition coefficient (Wildman–Crippen LogP) is 3.45. The average molecular weight is 384 g/mol. The van der Waals surface area contributed by atoms with Crippen molar-refractivity contribution in [3.8, 4) is 0 Å². The molecule has 7 heteroatoms. The number of benzene rings is 2. The Morgan fingerprint density at radius 3 is 2.56 bits per heavy atom. The molecule has 0 saturated heterocycles. The van der Waals surface area contributed by atoms with E-state index in [1.54, 1.807) is 30.3 Å². The fourth-order valence-electron chi connectivity index (χ4n) is 4.05. The van der Waals surface area contributed by atoms with Gasteiger partial charge in [-0.3, -0.25) is 14.3 Å². The second-order valence-electron chi connectivity index (χ2n) is 7.19. The van der Waals surface area contributed by atoms with Crippen LogP contribution < -0.4 is 10.0 Å². The van der Waals surface area contributed by atoms with Gasteiger partial charge in [-0.05, 0) is 55.7 Å². The SMILES string of the molecule is CC(=O)c1cccc(S(=O)(=O)Nc2ccc3c(c2)C2(CCCC2)C(=O)N3)c1. The molecule has 0 bridgehead atoms. The van der Waals surface area contributed by atoms with Crippen LogP contribution in [0, 0.1) is 0 Å². The number of sulfonamides is 1. The van der Waals surface area contributed by atoms with Gasteiger partial charge in [0.15, 0.2) is 5.78 Å². The van der Waals surface area contributed by atoms with Crippen LogP contribution in [0.2, 0.25) is 0 Å². The van der Waals surface area contributed by atoms with E-state index in [1.165, 1.54) is 19.1 Å². The number of rotatable bonds is 4. The van der Waals surface area contributed by atoms with E-state index in [-0.39, 0.29) is 16.6 Å². The minimum absolute atomic E-state index is 0.00386. The van der Waals surface area contributed by atoms with Crippen molar-refractivity contribution in [2.24, 2.45) is 0 Å². The monoisotopic (exact) mass is 384 g/mol. The summed E-state index contributed by atoms with van der Waals surface area (Å²) in [7, 11) is -3.84. The Balaban J connectivity index is 1.68. The van der Waals surface area contributed by atoms with E-state index in [2.05, 4.69) is 10.0 Å². The zero-order valence-corrected chi connectivity index (χ0v) is 15.7. The molecule has 2 aliphatic rings. The van der Waals surface area contributed by atoms with Gasteiger partial charge in [-0.25, -0.2) is 8.42 Å². The number of Topliss-reactive ketones (excluding diaryl/α,β-unsaturated/α-hetero) is 1. The number of carbonyl (C=O) groups is 2. The molecule has 2 aromatic carbocycles. The lowest BCUT2D eigenvalue weighted by Crippen LogP contribution is -2.31. The standard InChI is InChI=1S/C20H20N2O4S/c1-13(23)14-5-4-6-16(11-14)27(25,26)22-15-7-8-18-17(12-15)20(19(24)21-18)9-2-3-10-20/h4-8,11-12,22H,2-3,9-10H2,1H3,(H,21,24). The molecule has 0 aromatic heterocycles. The van der Waals surface area contributed by atoms with Gasteiger partial charge in [0.1, 0.15) is 0 Å². The molecule has 27 heavy (non-hydrogen) atoms. The molecule has 0 atom stereocenters. The van der Waals surface area contributed by atoms with E-state index >= 15 is 0 Å². The first kappa shape index (κ1) is 17.7. The lowest BCUT2D eigenvalue weighted by molar-refractivity contribution is -0.120. The molecule has 1 spiro atoms. The second-order valence-corrected chi connectivity index (χ2v) is 8.88. The fourth-order valence-corrected chi connectivity index (χ4v) is 5.14. The van der Waals surface area contributed by atoms with E-state index in [0.717, 1.165) is 36.9 Å². The topological polar surface area (TPSA) is 92.3 Å². The van der Waals surface area contributed by atoms with Gasteiger partial charge in [0, 0.05) is 16.9 Å². The first-order chi connectivity index (χ1) is 12.8. The summed E-state index contributed by atoms with van der Waals surface area (Å²) >= 11 is 0. The fraction of sp³-hybridized carbons (Fsp3) is 0.300. The highest BCUT2D eigenvalue weighted by Crippen LogP contribution is 2.49. The number of hydrogen-bond acceptors (Lipinski definition) is 4. The van der Waals surface area contributed by atoms with E-state index in [1.807, 2.05) is 0 Å². The van der Waals surface area contributed by atoms with Crippen LogP contribution >= 0.6 is 0 Å². The van der Waals surface area contributed by atoms with Crippen LogP contribution in [0.5, 0.6) is 0 Å². The van der Waals surface area contributed by atoms with Gasteiger partial charge in [0.2, 0.25) is 5.91 Å². The summed E-state index contributed by atoms with van der Waals surface area (Å²) in [5, 5.41) is 2.92. The Morgan fingerprint density at radius 2 is 1.85 bits per heavy atom. The first-order valence-corrected chi connectivity index (χ1v) is 10.4. The van der Waals surface area contributed by atoms with Crippen LogP contribution in [-0.2, 0) is 20.2 Å². The summed E-state index contributed by atoms with van der Waals surface area (Å²) in [5.74, 6) is -0.193. The molecule has 140 valence electrons. The molecule has 4 rings (SSSR count). The number of hydrogen-bond donors (Lipinski definition) is 2. The van der Waals surface area contributed by atoms with Crippen LogP contribution in [0.25, 0.3) is 0 Å². The van der Waals surface area contributed by atoms with Gasteiger partial charge in [-0.15, -0.1) is 0 Å². The maximum absolute atomic E-state index is 12.7. The number of ketones is 1. The largest absolute Gasteiger partial charge is 0.325 e. The number of anilines is 2. The molecule has 0 unspecified atom stereocenters. The Bertz CT molecular complexity index is 1050. The summed E-state index contributed by atoms with van der Waals surface area (Å²) in [6.45, 7) is 1.39. The van der Waals surface area contributed by atoms with Crippen LogP contribution in [0.3, 0.4) is 0 Å². The molecular formula is C20H20N2O4S. The minimum Gasteiger partial charge on any atom is -0.325 e. The van der Waals surface area contributed by atoms with Gasteiger partial charge in [-0.2, -0.15) is 0 Å².